The average Bonchev–Trinajstić information content (AvgIpc) is 2.87. The Balaban J connectivity index is 1.82. The molecule has 0 bridgehead atoms. The topological polar surface area (TPSA) is 62.7 Å². The van der Waals surface area contributed by atoms with Gasteiger partial charge in [0.1, 0.15) is 11.7 Å². The van der Waals surface area contributed by atoms with Gasteiger partial charge < -0.3 is 14.7 Å². The van der Waals surface area contributed by atoms with Crippen LogP contribution in [-0.2, 0) is 12.8 Å². The molecule has 0 spiro atoms. The highest BCUT2D eigenvalue weighted by atomic mass is 16.5. The van der Waals surface area contributed by atoms with Crippen molar-refractivity contribution in [3.63, 3.8) is 0 Å². The monoisotopic (exact) mass is 276 g/mol. The number of aromatic nitrogens is 1. The van der Waals surface area contributed by atoms with Crippen LogP contribution in [0.4, 0.5) is 0 Å². The van der Waals surface area contributed by atoms with Gasteiger partial charge in [-0.1, -0.05) is 0 Å². The van der Waals surface area contributed by atoms with Crippen LogP contribution in [0.1, 0.15) is 40.9 Å². The molecule has 0 saturated carbocycles. The lowest BCUT2D eigenvalue weighted by Gasteiger charge is -2.29. The SMILES string of the molecule is CN1CCC(Oc2nc3c(cc2C(=O)O)CCC3)CC1. The molecule has 2 aliphatic rings. The molecular formula is C15H20N2O3. The molecule has 1 aliphatic carbocycles. The van der Waals surface area contributed by atoms with Crippen LogP contribution in [0.15, 0.2) is 6.07 Å². The van der Waals surface area contributed by atoms with Crippen LogP contribution >= 0.6 is 0 Å². The largest absolute Gasteiger partial charge is 0.477 e. The van der Waals surface area contributed by atoms with E-state index in [1.54, 1.807) is 6.07 Å². The third-order valence-electron chi connectivity index (χ3n) is 4.19. The van der Waals surface area contributed by atoms with Crippen molar-refractivity contribution in [2.45, 2.75) is 38.2 Å². The van der Waals surface area contributed by atoms with Gasteiger partial charge in [0.25, 0.3) is 0 Å². The highest BCUT2D eigenvalue weighted by Crippen LogP contribution is 2.28. The summed E-state index contributed by atoms with van der Waals surface area (Å²) in [5.41, 5.74) is 2.29. The minimum atomic E-state index is -0.949. The molecule has 0 unspecified atom stereocenters. The molecule has 1 saturated heterocycles. The third-order valence-corrected chi connectivity index (χ3v) is 4.19. The van der Waals surface area contributed by atoms with Gasteiger partial charge in [0.2, 0.25) is 5.88 Å². The minimum absolute atomic E-state index is 0.0799. The van der Waals surface area contributed by atoms with Crippen molar-refractivity contribution in [1.29, 1.82) is 0 Å². The van der Waals surface area contributed by atoms with E-state index in [9.17, 15) is 9.90 Å². The number of nitrogens with zero attached hydrogens (tertiary/aromatic N) is 2. The summed E-state index contributed by atoms with van der Waals surface area (Å²) in [6.45, 7) is 1.97. The molecule has 3 rings (SSSR count). The van der Waals surface area contributed by atoms with Gasteiger partial charge >= 0.3 is 5.97 Å². The number of carboxylic acid groups (broad SMARTS) is 1. The Labute approximate surface area is 118 Å². The molecule has 0 amide bonds. The molecule has 2 heterocycles. The molecule has 108 valence electrons. The summed E-state index contributed by atoms with van der Waals surface area (Å²) in [4.78, 5) is 18.1. The van der Waals surface area contributed by atoms with Crippen molar-refractivity contribution in [2.24, 2.45) is 0 Å². The van der Waals surface area contributed by atoms with E-state index in [0.29, 0.717) is 5.88 Å². The van der Waals surface area contributed by atoms with Crippen LogP contribution in [-0.4, -0.2) is 47.2 Å². The summed E-state index contributed by atoms with van der Waals surface area (Å²) in [5.74, 6) is -0.636. The summed E-state index contributed by atoms with van der Waals surface area (Å²) >= 11 is 0. The van der Waals surface area contributed by atoms with E-state index in [-0.39, 0.29) is 11.7 Å². The highest BCUT2D eigenvalue weighted by molar-refractivity contribution is 5.90. The smallest absolute Gasteiger partial charge is 0.341 e. The lowest BCUT2D eigenvalue weighted by Crippen LogP contribution is -2.36. The molecule has 1 aromatic heterocycles. The zero-order valence-electron chi connectivity index (χ0n) is 11.8. The van der Waals surface area contributed by atoms with Gasteiger partial charge in [-0.25, -0.2) is 9.78 Å². The van der Waals surface area contributed by atoms with Crippen LogP contribution in [0.5, 0.6) is 5.88 Å². The number of carbonyl (C=O) groups is 1. The number of rotatable bonds is 3. The van der Waals surface area contributed by atoms with Gasteiger partial charge in [0.05, 0.1) is 0 Å². The molecule has 20 heavy (non-hydrogen) atoms. The van der Waals surface area contributed by atoms with Gasteiger partial charge in [-0.3, -0.25) is 0 Å². The Hall–Kier alpha value is -1.62. The van der Waals surface area contributed by atoms with E-state index < -0.39 is 5.97 Å². The molecule has 1 fully saturated rings. The van der Waals surface area contributed by atoms with Crippen molar-refractivity contribution >= 4 is 5.97 Å². The molecule has 1 N–H and O–H groups in total. The molecule has 0 radical (unpaired) electrons. The Morgan fingerprint density at radius 1 is 1.40 bits per heavy atom. The maximum atomic E-state index is 11.4. The van der Waals surface area contributed by atoms with E-state index in [4.69, 9.17) is 4.74 Å². The van der Waals surface area contributed by atoms with Crippen LogP contribution in [0.25, 0.3) is 0 Å². The Morgan fingerprint density at radius 3 is 2.85 bits per heavy atom. The summed E-state index contributed by atoms with van der Waals surface area (Å²) in [6.07, 6.45) is 4.84. The van der Waals surface area contributed by atoms with Gasteiger partial charge in [0, 0.05) is 18.8 Å². The number of ether oxygens (including phenoxy) is 1. The number of aryl methyl sites for hydroxylation is 2. The van der Waals surface area contributed by atoms with Crippen molar-refractivity contribution in [3.05, 3.63) is 22.9 Å². The predicted octanol–water partition coefficient (Wildman–Crippen LogP) is 1.74. The Morgan fingerprint density at radius 2 is 2.15 bits per heavy atom. The number of pyridine rings is 1. The van der Waals surface area contributed by atoms with Gasteiger partial charge in [-0.05, 0) is 50.8 Å². The first-order chi connectivity index (χ1) is 9.63. The number of fused-ring (bicyclic) bond motifs is 1. The molecular weight excluding hydrogens is 256 g/mol. The highest BCUT2D eigenvalue weighted by Gasteiger charge is 2.24. The first-order valence-corrected chi connectivity index (χ1v) is 7.25. The maximum Gasteiger partial charge on any atom is 0.341 e. The molecule has 0 atom stereocenters. The lowest BCUT2D eigenvalue weighted by molar-refractivity contribution is 0.0677. The van der Waals surface area contributed by atoms with Crippen LogP contribution < -0.4 is 4.74 Å². The maximum absolute atomic E-state index is 11.4. The Kier molecular flexibility index (Phi) is 3.61. The second kappa shape index (κ2) is 5.40. The van der Waals surface area contributed by atoms with Crippen molar-refractivity contribution in [2.75, 3.05) is 20.1 Å². The fraction of sp³-hybridized carbons (Fsp3) is 0.600. The number of hydrogen-bond acceptors (Lipinski definition) is 4. The van der Waals surface area contributed by atoms with Gasteiger partial charge in [-0.2, -0.15) is 0 Å². The quantitative estimate of drug-likeness (QED) is 0.911. The van der Waals surface area contributed by atoms with Crippen LogP contribution in [0.2, 0.25) is 0 Å². The first-order valence-electron chi connectivity index (χ1n) is 7.25. The summed E-state index contributed by atoms with van der Waals surface area (Å²) in [5, 5.41) is 9.34. The first kappa shape index (κ1) is 13.4. The minimum Gasteiger partial charge on any atom is -0.477 e. The van der Waals surface area contributed by atoms with E-state index in [1.165, 1.54) is 0 Å². The zero-order chi connectivity index (χ0) is 14.1. The average molecular weight is 276 g/mol. The van der Waals surface area contributed by atoms with E-state index in [2.05, 4.69) is 16.9 Å². The van der Waals surface area contributed by atoms with Gasteiger partial charge in [0.15, 0.2) is 0 Å². The molecule has 0 aromatic carbocycles. The number of likely N-dealkylation sites (tertiary alicyclic amines) is 1. The zero-order valence-corrected chi connectivity index (χ0v) is 11.8. The molecule has 5 heteroatoms. The molecule has 1 aliphatic heterocycles. The Bertz CT molecular complexity index is 522. The second-order valence-corrected chi connectivity index (χ2v) is 5.73. The van der Waals surface area contributed by atoms with Crippen LogP contribution in [0.3, 0.4) is 0 Å². The number of aromatic carboxylic acids is 1. The molecule has 1 aromatic rings. The summed E-state index contributed by atoms with van der Waals surface area (Å²) in [7, 11) is 2.09. The fourth-order valence-electron chi connectivity index (χ4n) is 2.96. The second-order valence-electron chi connectivity index (χ2n) is 5.73. The van der Waals surface area contributed by atoms with E-state index >= 15 is 0 Å². The van der Waals surface area contributed by atoms with Gasteiger partial charge in [-0.15, -0.1) is 0 Å². The fourth-order valence-corrected chi connectivity index (χ4v) is 2.96. The predicted molar refractivity (Wildman–Crippen MR) is 74.4 cm³/mol. The van der Waals surface area contributed by atoms with Crippen molar-refractivity contribution < 1.29 is 14.6 Å². The third kappa shape index (κ3) is 2.63. The number of hydrogen-bond donors (Lipinski definition) is 1. The lowest BCUT2D eigenvalue weighted by atomic mass is 10.1. The van der Waals surface area contributed by atoms with E-state index in [1.807, 2.05) is 0 Å². The number of carboxylic acids is 1. The number of piperidine rings is 1. The van der Waals surface area contributed by atoms with Crippen molar-refractivity contribution in [3.8, 4) is 5.88 Å². The molecule has 5 nitrogen and oxygen atoms in total. The summed E-state index contributed by atoms with van der Waals surface area (Å²) in [6, 6.07) is 1.75. The summed E-state index contributed by atoms with van der Waals surface area (Å²) < 4.78 is 5.90. The normalized spacial score (nSPS) is 19.9. The van der Waals surface area contributed by atoms with Crippen LogP contribution in [0, 0.1) is 0 Å². The standard InChI is InChI=1S/C15H20N2O3/c1-17-7-5-11(6-8-17)20-14-12(15(18)19)9-10-3-2-4-13(10)16-14/h9,11H,2-8H2,1H3,(H,18,19). The van der Waals surface area contributed by atoms with E-state index in [0.717, 1.165) is 56.5 Å². The van der Waals surface area contributed by atoms with Crippen molar-refractivity contribution in [1.82, 2.24) is 9.88 Å².